The fraction of sp³-hybridized carbons (Fsp3) is 0.529. The number of likely N-dealkylation sites (tertiary alicyclic amines) is 1. The lowest BCUT2D eigenvalue weighted by Gasteiger charge is -2.37. The van der Waals surface area contributed by atoms with E-state index < -0.39 is 0 Å². The van der Waals surface area contributed by atoms with Gasteiger partial charge in [0.1, 0.15) is 0 Å². The molecule has 1 aromatic carbocycles. The second-order valence-electron chi connectivity index (χ2n) is 6.09. The molecule has 1 aromatic heterocycles. The van der Waals surface area contributed by atoms with E-state index in [0.29, 0.717) is 17.9 Å². The highest BCUT2D eigenvalue weighted by Crippen LogP contribution is 2.32. The maximum Gasteiger partial charge on any atom is 0.221 e. The molecule has 0 saturated carbocycles. The van der Waals surface area contributed by atoms with E-state index in [-0.39, 0.29) is 6.61 Å². The Morgan fingerprint density at radius 2 is 1.95 bits per heavy atom. The highest BCUT2D eigenvalue weighted by Gasteiger charge is 2.32. The molecular formula is C17H23N3O2. The van der Waals surface area contributed by atoms with Gasteiger partial charge >= 0.3 is 0 Å². The number of aliphatic hydroxyl groups is 1. The van der Waals surface area contributed by atoms with Crippen molar-refractivity contribution in [1.29, 1.82) is 0 Å². The van der Waals surface area contributed by atoms with Crippen molar-refractivity contribution in [3.8, 4) is 0 Å². The molecule has 1 fully saturated rings. The van der Waals surface area contributed by atoms with Crippen molar-refractivity contribution in [3.05, 3.63) is 47.2 Å². The smallest absolute Gasteiger partial charge is 0.221 e. The number of rotatable bonds is 4. The fourth-order valence-corrected chi connectivity index (χ4v) is 3.21. The van der Waals surface area contributed by atoms with E-state index in [2.05, 4.69) is 34.2 Å². The minimum atomic E-state index is 0.0962. The van der Waals surface area contributed by atoms with Crippen LogP contribution in [0.3, 0.4) is 0 Å². The van der Waals surface area contributed by atoms with E-state index in [1.165, 1.54) is 5.56 Å². The third-order valence-corrected chi connectivity index (χ3v) is 4.57. The largest absolute Gasteiger partial charge is 0.425 e. The molecule has 5 heteroatoms. The first-order valence-electron chi connectivity index (χ1n) is 7.90. The van der Waals surface area contributed by atoms with E-state index >= 15 is 0 Å². The Bertz CT molecular complexity index is 609. The number of hydrogen-bond donors (Lipinski definition) is 1. The van der Waals surface area contributed by atoms with Gasteiger partial charge in [-0.15, -0.1) is 10.2 Å². The van der Waals surface area contributed by atoms with Gasteiger partial charge < -0.3 is 9.52 Å². The summed E-state index contributed by atoms with van der Waals surface area (Å²) in [6.07, 6.45) is 2.24. The predicted molar refractivity (Wildman–Crippen MR) is 83.2 cm³/mol. The molecule has 2 heterocycles. The van der Waals surface area contributed by atoms with Crippen LogP contribution in [-0.4, -0.2) is 32.8 Å². The lowest BCUT2D eigenvalue weighted by Crippen LogP contribution is -2.41. The monoisotopic (exact) mass is 301 g/mol. The first-order chi connectivity index (χ1) is 10.7. The first kappa shape index (κ1) is 15.2. The molecule has 118 valence electrons. The number of benzene rings is 1. The van der Waals surface area contributed by atoms with Crippen LogP contribution in [0.1, 0.15) is 48.6 Å². The van der Waals surface area contributed by atoms with Crippen LogP contribution in [0.25, 0.3) is 0 Å². The van der Waals surface area contributed by atoms with Crippen molar-refractivity contribution in [1.82, 2.24) is 15.1 Å². The minimum absolute atomic E-state index is 0.0962. The topological polar surface area (TPSA) is 62.4 Å². The zero-order chi connectivity index (χ0) is 15.5. The maximum atomic E-state index is 9.12. The number of aryl methyl sites for hydroxylation is 1. The number of aliphatic hydroxyl groups excluding tert-OH is 1. The van der Waals surface area contributed by atoms with E-state index in [9.17, 15) is 0 Å². The Kier molecular flexibility index (Phi) is 4.55. The zero-order valence-corrected chi connectivity index (χ0v) is 13.2. The SMILES string of the molecule is Cc1nnc([C@H]2CCCN(Cc3ccc(CO)cc3)[C@H]2C)o1. The quantitative estimate of drug-likeness (QED) is 0.940. The van der Waals surface area contributed by atoms with Gasteiger partial charge in [-0.25, -0.2) is 0 Å². The van der Waals surface area contributed by atoms with Gasteiger partial charge in [0.05, 0.1) is 12.5 Å². The molecule has 0 unspecified atom stereocenters. The van der Waals surface area contributed by atoms with E-state index in [0.717, 1.165) is 37.4 Å². The summed E-state index contributed by atoms with van der Waals surface area (Å²) in [5.41, 5.74) is 2.22. The van der Waals surface area contributed by atoms with Crippen molar-refractivity contribution in [3.63, 3.8) is 0 Å². The van der Waals surface area contributed by atoms with Gasteiger partial charge in [-0.05, 0) is 37.4 Å². The third kappa shape index (κ3) is 3.20. The number of aromatic nitrogens is 2. The summed E-state index contributed by atoms with van der Waals surface area (Å²) in [6, 6.07) is 8.55. The summed E-state index contributed by atoms with van der Waals surface area (Å²) >= 11 is 0. The Morgan fingerprint density at radius 1 is 1.23 bits per heavy atom. The highest BCUT2D eigenvalue weighted by molar-refractivity contribution is 5.22. The summed E-state index contributed by atoms with van der Waals surface area (Å²) in [5, 5.41) is 17.3. The van der Waals surface area contributed by atoms with Crippen molar-refractivity contribution < 1.29 is 9.52 Å². The molecule has 1 N–H and O–H groups in total. The Morgan fingerprint density at radius 3 is 2.59 bits per heavy atom. The van der Waals surface area contributed by atoms with Crippen LogP contribution < -0.4 is 0 Å². The van der Waals surface area contributed by atoms with Crippen molar-refractivity contribution in [2.45, 2.75) is 51.8 Å². The minimum Gasteiger partial charge on any atom is -0.425 e. The fourth-order valence-electron chi connectivity index (χ4n) is 3.21. The summed E-state index contributed by atoms with van der Waals surface area (Å²) in [7, 11) is 0. The van der Waals surface area contributed by atoms with Crippen molar-refractivity contribution in [2.75, 3.05) is 6.54 Å². The van der Waals surface area contributed by atoms with Crippen LogP contribution >= 0.6 is 0 Å². The van der Waals surface area contributed by atoms with Gasteiger partial charge in [-0.2, -0.15) is 0 Å². The number of hydrogen-bond acceptors (Lipinski definition) is 5. The maximum absolute atomic E-state index is 9.12. The molecule has 5 nitrogen and oxygen atoms in total. The molecule has 1 aliphatic rings. The van der Waals surface area contributed by atoms with E-state index in [4.69, 9.17) is 9.52 Å². The van der Waals surface area contributed by atoms with E-state index in [1.807, 2.05) is 19.1 Å². The second kappa shape index (κ2) is 6.58. The molecule has 0 spiro atoms. The second-order valence-corrected chi connectivity index (χ2v) is 6.09. The standard InChI is InChI=1S/C17H23N3O2/c1-12-16(17-19-18-13(2)22-17)4-3-9-20(12)10-14-5-7-15(11-21)8-6-14/h5-8,12,16,21H,3-4,9-11H2,1-2H3/t12-,16-/m0/s1. The van der Waals surface area contributed by atoms with Gasteiger partial charge in [0, 0.05) is 19.5 Å². The highest BCUT2D eigenvalue weighted by atomic mass is 16.4. The number of nitrogens with zero attached hydrogens (tertiary/aromatic N) is 3. The van der Waals surface area contributed by atoms with Gasteiger partial charge in [0.25, 0.3) is 0 Å². The molecule has 22 heavy (non-hydrogen) atoms. The van der Waals surface area contributed by atoms with Crippen LogP contribution in [0.2, 0.25) is 0 Å². The molecule has 1 aliphatic heterocycles. The Balaban J connectivity index is 1.70. The average molecular weight is 301 g/mol. The molecule has 1 saturated heterocycles. The van der Waals surface area contributed by atoms with Crippen molar-refractivity contribution >= 4 is 0 Å². The van der Waals surface area contributed by atoms with Gasteiger partial charge in [0.15, 0.2) is 0 Å². The Hall–Kier alpha value is -1.72. The lowest BCUT2D eigenvalue weighted by molar-refractivity contribution is 0.119. The van der Waals surface area contributed by atoms with Gasteiger partial charge in [-0.1, -0.05) is 24.3 Å². The van der Waals surface area contributed by atoms with Crippen LogP contribution in [0, 0.1) is 6.92 Å². The van der Waals surface area contributed by atoms with Crippen LogP contribution in [0.5, 0.6) is 0 Å². The average Bonchev–Trinajstić information content (AvgIpc) is 2.96. The van der Waals surface area contributed by atoms with Crippen LogP contribution in [-0.2, 0) is 13.2 Å². The molecule has 0 radical (unpaired) electrons. The predicted octanol–water partition coefficient (Wildman–Crippen LogP) is 2.64. The molecule has 0 bridgehead atoms. The van der Waals surface area contributed by atoms with Crippen LogP contribution in [0.15, 0.2) is 28.7 Å². The molecule has 2 atom stereocenters. The molecule has 3 rings (SSSR count). The molecule has 0 aliphatic carbocycles. The summed E-state index contributed by atoms with van der Waals surface area (Å²) in [5.74, 6) is 1.72. The summed E-state index contributed by atoms with van der Waals surface area (Å²) in [4.78, 5) is 2.47. The lowest BCUT2D eigenvalue weighted by atomic mass is 9.89. The van der Waals surface area contributed by atoms with Crippen LogP contribution in [0.4, 0.5) is 0 Å². The Labute approximate surface area is 131 Å². The van der Waals surface area contributed by atoms with Gasteiger partial charge in [-0.3, -0.25) is 4.90 Å². The summed E-state index contributed by atoms with van der Waals surface area (Å²) < 4.78 is 5.65. The summed E-state index contributed by atoms with van der Waals surface area (Å²) in [6.45, 7) is 6.18. The van der Waals surface area contributed by atoms with Crippen molar-refractivity contribution in [2.24, 2.45) is 0 Å². The number of piperidine rings is 1. The zero-order valence-electron chi connectivity index (χ0n) is 13.2. The van der Waals surface area contributed by atoms with E-state index in [1.54, 1.807) is 0 Å². The molecule has 0 amide bonds. The molecular weight excluding hydrogens is 278 g/mol. The molecule has 2 aromatic rings. The normalized spacial score (nSPS) is 22.9. The van der Waals surface area contributed by atoms with Gasteiger partial charge in [0.2, 0.25) is 11.8 Å². The first-order valence-corrected chi connectivity index (χ1v) is 7.90. The third-order valence-electron chi connectivity index (χ3n) is 4.57.